The molecule has 5 nitrogen and oxygen atoms in total. The molecule has 0 unspecified atom stereocenters. The van der Waals surface area contributed by atoms with E-state index in [1.54, 1.807) is 23.9 Å². The third-order valence-corrected chi connectivity index (χ3v) is 3.20. The standard InChI is InChI=1S/C13H16N2O3S/c1-3-5-19-6-4-14-10-11-7-12(15(16)17)9-13(8-11)18-2/h1,7-9,14H,4-6,10H2,2H3. The Morgan fingerprint density at radius 2 is 2.32 bits per heavy atom. The van der Waals surface area contributed by atoms with Crippen LogP contribution in [0.5, 0.6) is 5.75 Å². The molecule has 0 aliphatic rings. The van der Waals surface area contributed by atoms with Crippen LogP contribution in [0.4, 0.5) is 5.69 Å². The summed E-state index contributed by atoms with van der Waals surface area (Å²) in [6.45, 7) is 1.37. The fourth-order valence-electron chi connectivity index (χ4n) is 1.48. The molecule has 1 rings (SSSR count). The predicted octanol–water partition coefficient (Wildman–Crippen LogP) is 2.06. The molecule has 0 aliphatic carbocycles. The summed E-state index contributed by atoms with van der Waals surface area (Å²) in [5.74, 6) is 4.66. The maximum atomic E-state index is 10.8. The molecule has 0 saturated carbocycles. The van der Waals surface area contributed by atoms with Crippen molar-refractivity contribution in [2.24, 2.45) is 0 Å². The van der Waals surface area contributed by atoms with Gasteiger partial charge in [0.05, 0.1) is 23.9 Å². The minimum Gasteiger partial charge on any atom is -0.496 e. The van der Waals surface area contributed by atoms with Gasteiger partial charge in [-0.15, -0.1) is 18.2 Å². The van der Waals surface area contributed by atoms with Crippen LogP contribution in [0.2, 0.25) is 0 Å². The summed E-state index contributed by atoms with van der Waals surface area (Å²) in [5, 5.41) is 14.0. The Bertz CT molecular complexity index is 471. The number of nitrogens with one attached hydrogen (secondary N) is 1. The average molecular weight is 280 g/mol. The largest absolute Gasteiger partial charge is 0.496 e. The molecule has 0 bridgehead atoms. The minimum absolute atomic E-state index is 0.0397. The van der Waals surface area contributed by atoms with Gasteiger partial charge in [-0.25, -0.2) is 0 Å². The first-order valence-electron chi connectivity index (χ1n) is 5.71. The van der Waals surface area contributed by atoms with Crippen molar-refractivity contribution in [2.45, 2.75) is 6.54 Å². The molecule has 0 saturated heterocycles. The van der Waals surface area contributed by atoms with Crippen LogP contribution in [0.25, 0.3) is 0 Å². The normalized spacial score (nSPS) is 9.89. The van der Waals surface area contributed by atoms with Gasteiger partial charge >= 0.3 is 0 Å². The van der Waals surface area contributed by atoms with E-state index in [0.29, 0.717) is 18.0 Å². The highest BCUT2D eigenvalue weighted by atomic mass is 32.2. The number of nitrogens with zero attached hydrogens (tertiary/aromatic N) is 1. The number of nitro groups is 1. The van der Waals surface area contributed by atoms with Gasteiger partial charge in [0, 0.05) is 24.9 Å². The Balaban J connectivity index is 2.51. The summed E-state index contributed by atoms with van der Waals surface area (Å²) in [5.41, 5.74) is 0.867. The van der Waals surface area contributed by atoms with Crippen molar-refractivity contribution in [1.82, 2.24) is 5.32 Å². The molecular formula is C13H16N2O3S. The first-order chi connectivity index (χ1) is 9.17. The third kappa shape index (κ3) is 5.64. The Hall–Kier alpha value is -1.71. The second kappa shape index (κ2) is 8.40. The molecule has 0 fully saturated rings. The lowest BCUT2D eigenvalue weighted by atomic mass is 10.2. The monoisotopic (exact) mass is 280 g/mol. The quantitative estimate of drug-likeness (QED) is 0.342. The van der Waals surface area contributed by atoms with Gasteiger partial charge in [-0.05, 0) is 11.6 Å². The third-order valence-electron chi connectivity index (χ3n) is 2.34. The number of hydrogen-bond donors (Lipinski definition) is 1. The zero-order chi connectivity index (χ0) is 14.1. The number of methoxy groups -OCH3 is 1. The smallest absolute Gasteiger partial charge is 0.273 e. The Morgan fingerprint density at radius 1 is 1.53 bits per heavy atom. The van der Waals surface area contributed by atoms with E-state index in [1.807, 2.05) is 0 Å². The van der Waals surface area contributed by atoms with Crippen molar-refractivity contribution in [3.63, 3.8) is 0 Å². The van der Waals surface area contributed by atoms with Crippen molar-refractivity contribution >= 4 is 17.4 Å². The molecule has 0 spiro atoms. The van der Waals surface area contributed by atoms with E-state index in [2.05, 4.69) is 11.2 Å². The Kier molecular flexibility index (Phi) is 6.79. The summed E-state index contributed by atoms with van der Waals surface area (Å²) in [6.07, 6.45) is 5.14. The van der Waals surface area contributed by atoms with Crippen molar-refractivity contribution in [3.05, 3.63) is 33.9 Å². The number of nitro benzene ring substituents is 1. The van der Waals surface area contributed by atoms with Crippen LogP contribution in [-0.4, -0.2) is 30.1 Å². The minimum atomic E-state index is -0.422. The van der Waals surface area contributed by atoms with Crippen LogP contribution < -0.4 is 10.1 Å². The van der Waals surface area contributed by atoms with Crippen LogP contribution in [-0.2, 0) is 6.54 Å². The number of hydrogen-bond acceptors (Lipinski definition) is 5. The Morgan fingerprint density at radius 3 is 2.95 bits per heavy atom. The number of thioether (sulfide) groups is 1. The van der Waals surface area contributed by atoms with E-state index in [0.717, 1.165) is 17.9 Å². The molecule has 0 aromatic heterocycles. The van der Waals surface area contributed by atoms with Gasteiger partial charge in [0.15, 0.2) is 0 Å². The molecule has 0 radical (unpaired) electrons. The van der Waals surface area contributed by atoms with E-state index in [4.69, 9.17) is 11.2 Å². The average Bonchev–Trinajstić information content (AvgIpc) is 2.42. The van der Waals surface area contributed by atoms with Gasteiger partial charge in [0.2, 0.25) is 0 Å². The maximum Gasteiger partial charge on any atom is 0.273 e. The highest BCUT2D eigenvalue weighted by Gasteiger charge is 2.09. The van der Waals surface area contributed by atoms with Gasteiger partial charge < -0.3 is 10.1 Å². The number of benzene rings is 1. The fraction of sp³-hybridized carbons (Fsp3) is 0.385. The van der Waals surface area contributed by atoms with Crippen LogP contribution in [0, 0.1) is 22.5 Å². The van der Waals surface area contributed by atoms with Crippen molar-refractivity contribution in [3.8, 4) is 18.1 Å². The van der Waals surface area contributed by atoms with Gasteiger partial charge in [0.25, 0.3) is 5.69 Å². The highest BCUT2D eigenvalue weighted by molar-refractivity contribution is 7.99. The second-order valence-electron chi connectivity index (χ2n) is 3.73. The number of non-ortho nitro benzene ring substituents is 1. The topological polar surface area (TPSA) is 64.4 Å². The number of ether oxygens (including phenoxy) is 1. The molecule has 0 atom stereocenters. The molecule has 19 heavy (non-hydrogen) atoms. The van der Waals surface area contributed by atoms with E-state index in [1.165, 1.54) is 13.2 Å². The van der Waals surface area contributed by atoms with Gasteiger partial charge in [-0.3, -0.25) is 10.1 Å². The van der Waals surface area contributed by atoms with Gasteiger partial charge in [0.1, 0.15) is 5.75 Å². The molecule has 1 N–H and O–H groups in total. The zero-order valence-electron chi connectivity index (χ0n) is 10.7. The Labute approximate surface area is 116 Å². The van der Waals surface area contributed by atoms with E-state index in [9.17, 15) is 10.1 Å². The molecule has 6 heteroatoms. The first-order valence-corrected chi connectivity index (χ1v) is 6.87. The maximum absolute atomic E-state index is 10.8. The summed E-state index contributed by atoms with van der Waals surface area (Å²) >= 11 is 1.67. The second-order valence-corrected chi connectivity index (χ2v) is 4.84. The molecular weight excluding hydrogens is 264 g/mol. The highest BCUT2D eigenvalue weighted by Crippen LogP contribution is 2.22. The molecule has 0 heterocycles. The lowest BCUT2D eigenvalue weighted by Crippen LogP contribution is -2.16. The van der Waals surface area contributed by atoms with E-state index >= 15 is 0 Å². The molecule has 0 amide bonds. The molecule has 102 valence electrons. The van der Waals surface area contributed by atoms with Crippen molar-refractivity contribution < 1.29 is 9.66 Å². The first kappa shape index (κ1) is 15.3. The summed E-state index contributed by atoms with van der Waals surface area (Å²) in [7, 11) is 1.49. The predicted molar refractivity (Wildman–Crippen MR) is 77.5 cm³/mol. The van der Waals surface area contributed by atoms with Gasteiger partial charge in [-0.1, -0.05) is 5.92 Å². The van der Waals surface area contributed by atoms with E-state index < -0.39 is 4.92 Å². The zero-order valence-corrected chi connectivity index (χ0v) is 11.5. The molecule has 1 aromatic carbocycles. The van der Waals surface area contributed by atoms with Crippen LogP contribution in [0.1, 0.15) is 5.56 Å². The van der Waals surface area contributed by atoms with Crippen LogP contribution in [0.3, 0.4) is 0 Å². The van der Waals surface area contributed by atoms with Crippen LogP contribution >= 0.6 is 11.8 Å². The molecule has 0 aliphatic heterocycles. The lowest BCUT2D eigenvalue weighted by molar-refractivity contribution is -0.385. The number of terminal acetylenes is 1. The van der Waals surface area contributed by atoms with Crippen LogP contribution in [0.15, 0.2) is 18.2 Å². The van der Waals surface area contributed by atoms with Crippen molar-refractivity contribution in [1.29, 1.82) is 0 Å². The number of rotatable bonds is 8. The molecule has 1 aromatic rings. The van der Waals surface area contributed by atoms with Gasteiger partial charge in [-0.2, -0.15) is 0 Å². The van der Waals surface area contributed by atoms with Crippen molar-refractivity contribution in [2.75, 3.05) is 25.2 Å². The fourth-order valence-corrected chi connectivity index (χ4v) is 2.03. The SMILES string of the molecule is C#CCSCCNCc1cc(OC)cc([N+](=O)[O-])c1. The summed E-state index contributed by atoms with van der Waals surface area (Å²) < 4.78 is 5.05. The summed E-state index contributed by atoms with van der Waals surface area (Å²) in [4.78, 5) is 10.4. The lowest BCUT2D eigenvalue weighted by Gasteiger charge is -2.06. The summed E-state index contributed by atoms with van der Waals surface area (Å²) in [6, 6.07) is 4.74. The van der Waals surface area contributed by atoms with E-state index in [-0.39, 0.29) is 5.69 Å².